The summed E-state index contributed by atoms with van der Waals surface area (Å²) in [5, 5.41) is 4.95. The number of benzene rings is 1. The average Bonchev–Trinajstić information content (AvgIpc) is 3.25. The molecule has 5 nitrogen and oxygen atoms in total. The van der Waals surface area contributed by atoms with Crippen molar-refractivity contribution >= 4 is 16.9 Å². The van der Waals surface area contributed by atoms with Crippen LogP contribution in [0.4, 0.5) is 0 Å². The predicted octanol–water partition coefficient (Wildman–Crippen LogP) is 4.32. The third kappa shape index (κ3) is 2.31. The van der Waals surface area contributed by atoms with E-state index in [2.05, 4.69) is 5.16 Å². The standard InChI is InChI=1S/C19H20N2O3/c1-11-6-7-14-13(3)18(23-16(14)9-11)19(22)21-8-4-5-15(21)17-10-12(2)20-24-17/h6-7,9-10,15H,4-5,8H2,1-3H3/t15-/m0/s1. The first-order valence-corrected chi connectivity index (χ1v) is 8.28. The van der Waals surface area contributed by atoms with E-state index in [0.29, 0.717) is 12.3 Å². The summed E-state index contributed by atoms with van der Waals surface area (Å²) in [7, 11) is 0. The number of amides is 1. The second-order valence-electron chi connectivity index (χ2n) is 6.58. The lowest BCUT2D eigenvalue weighted by molar-refractivity contribution is 0.0683. The zero-order valence-corrected chi connectivity index (χ0v) is 14.1. The maximum absolute atomic E-state index is 13.1. The Bertz CT molecular complexity index is 922. The maximum Gasteiger partial charge on any atom is 0.290 e. The fraction of sp³-hybridized carbons (Fsp3) is 0.368. The van der Waals surface area contributed by atoms with E-state index in [4.69, 9.17) is 8.94 Å². The molecule has 1 aliphatic heterocycles. The summed E-state index contributed by atoms with van der Waals surface area (Å²) in [5.41, 5.74) is 3.61. The molecular formula is C19H20N2O3. The highest BCUT2D eigenvalue weighted by atomic mass is 16.5. The second kappa shape index (κ2) is 5.51. The molecule has 0 saturated carbocycles. The Morgan fingerprint density at radius 1 is 1.25 bits per heavy atom. The Balaban J connectivity index is 1.71. The van der Waals surface area contributed by atoms with Crippen molar-refractivity contribution in [2.45, 2.75) is 39.7 Å². The molecule has 4 rings (SSSR count). The number of hydrogen-bond acceptors (Lipinski definition) is 4. The molecule has 124 valence electrons. The van der Waals surface area contributed by atoms with Crippen LogP contribution in [0.15, 0.2) is 33.2 Å². The minimum absolute atomic E-state index is 0.0620. The van der Waals surface area contributed by atoms with Gasteiger partial charge in [0, 0.05) is 23.6 Å². The van der Waals surface area contributed by atoms with Gasteiger partial charge < -0.3 is 13.8 Å². The van der Waals surface area contributed by atoms with Gasteiger partial charge in [-0.1, -0.05) is 17.3 Å². The van der Waals surface area contributed by atoms with Crippen molar-refractivity contribution in [1.29, 1.82) is 0 Å². The van der Waals surface area contributed by atoms with Crippen molar-refractivity contribution < 1.29 is 13.7 Å². The van der Waals surface area contributed by atoms with Gasteiger partial charge in [-0.25, -0.2) is 0 Å². The van der Waals surface area contributed by atoms with Crippen molar-refractivity contribution in [3.05, 3.63) is 52.6 Å². The molecule has 0 unspecified atom stereocenters. The SMILES string of the molecule is Cc1ccc2c(C)c(C(=O)N3CCC[C@H]3c3cc(C)no3)oc2c1. The van der Waals surface area contributed by atoms with Gasteiger partial charge in [-0.2, -0.15) is 0 Å². The van der Waals surface area contributed by atoms with Crippen molar-refractivity contribution in [3.63, 3.8) is 0 Å². The number of hydrogen-bond donors (Lipinski definition) is 0. The van der Waals surface area contributed by atoms with E-state index < -0.39 is 0 Å². The molecule has 0 radical (unpaired) electrons. The topological polar surface area (TPSA) is 59.5 Å². The van der Waals surface area contributed by atoms with Gasteiger partial charge in [0.25, 0.3) is 5.91 Å². The predicted molar refractivity (Wildman–Crippen MR) is 89.9 cm³/mol. The Morgan fingerprint density at radius 2 is 2.08 bits per heavy atom. The highest BCUT2D eigenvalue weighted by molar-refractivity contribution is 5.99. The third-order valence-electron chi connectivity index (χ3n) is 4.78. The highest BCUT2D eigenvalue weighted by Gasteiger charge is 2.35. The van der Waals surface area contributed by atoms with Crippen LogP contribution in [0.1, 0.15) is 52.0 Å². The van der Waals surface area contributed by atoms with E-state index in [1.165, 1.54) is 0 Å². The molecule has 1 saturated heterocycles. The Hall–Kier alpha value is -2.56. The molecule has 0 N–H and O–H groups in total. The lowest BCUT2D eigenvalue weighted by Crippen LogP contribution is -2.30. The number of nitrogens with zero attached hydrogens (tertiary/aromatic N) is 2. The zero-order chi connectivity index (χ0) is 16.8. The number of carbonyl (C=O) groups is 1. The Morgan fingerprint density at radius 3 is 2.83 bits per heavy atom. The lowest BCUT2D eigenvalue weighted by Gasteiger charge is -2.21. The first-order chi connectivity index (χ1) is 11.5. The van der Waals surface area contributed by atoms with Gasteiger partial charge in [0.1, 0.15) is 5.58 Å². The summed E-state index contributed by atoms with van der Waals surface area (Å²) in [4.78, 5) is 14.9. The summed E-state index contributed by atoms with van der Waals surface area (Å²) in [5.74, 6) is 1.11. The molecule has 24 heavy (non-hydrogen) atoms. The summed E-state index contributed by atoms with van der Waals surface area (Å²) in [6, 6.07) is 7.87. The molecule has 0 spiro atoms. The second-order valence-corrected chi connectivity index (χ2v) is 6.58. The van der Waals surface area contributed by atoms with Crippen molar-refractivity contribution in [2.24, 2.45) is 0 Å². The van der Waals surface area contributed by atoms with Crippen LogP contribution in [0, 0.1) is 20.8 Å². The number of aromatic nitrogens is 1. The molecule has 1 aromatic carbocycles. The van der Waals surface area contributed by atoms with Gasteiger partial charge in [-0.3, -0.25) is 4.79 Å². The van der Waals surface area contributed by atoms with Crippen LogP contribution in [-0.4, -0.2) is 22.5 Å². The van der Waals surface area contributed by atoms with E-state index >= 15 is 0 Å². The van der Waals surface area contributed by atoms with Gasteiger partial charge in [0.05, 0.1) is 11.7 Å². The molecule has 1 fully saturated rings. The molecule has 3 aromatic rings. The lowest BCUT2D eigenvalue weighted by atomic mass is 10.1. The average molecular weight is 324 g/mol. The Labute approximate surface area is 140 Å². The highest BCUT2D eigenvalue weighted by Crippen LogP contribution is 2.35. The van der Waals surface area contributed by atoms with Gasteiger partial charge in [-0.15, -0.1) is 0 Å². The summed E-state index contributed by atoms with van der Waals surface area (Å²) >= 11 is 0. The van der Waals surface area contributed by atoms with Crippen LogP contribution in [0.25, 0.3) is 11.0 Å². The van der Waals surface area contributed by atoms with Gasteiger partial charge in [0.15, 0.2) is 11.5 Å². The molecule has 2 aromatic heterocycles. The quantitative estimate of drug-likeness (QED) is 0.704. The van der Waals surface area contributed by atoms with E-state index in [0.717, 1.165) is 46.4 Å². The van der Waals surface area contributed by atoms with Gasteiger partial charge in [0.2, 0.25) is 0 Å². The molecular weight excluding hydrogens is 304 g/mol. The first-order valence-electron chi connectivity index (χ1n) is 8.28. The zero-order valence-electron chi connectivity index (χ0n) is 14.1. The molecule has 0 bridgehead atoms. The fourth-order valence-corrected chi connectivity index (χ4v) is 3.51. The number of aryl methyl sites for hydroxylation is 3. The van der Waals surface area contributed by atoms with Crippen molar-refractivity contribution in [2.75, 3.05) is 6.54 Å². The largest absolute Gasteiger partial charge is 0.451 e. The monoisotopic (exact) mass is 324 g/mol. The van der Waals surface area contributed by atoms with Crippen LogP contribution >= 0.6 is 0 Å². The van der Waals surface area contributed by atoms with Crippen LogP contribution in [0.5, 0.6) is 0 Å². The minimum atomic E-state index is -0.0714. The van der Waals surface area contributed by atoms with Crippen LogP contribution in [-0.2, 0) is 0 Å². The first kappa shape index (κ1) is 15.0. The Kier molecular flexibility index (Phi) is 3.44. The number of fused-ring (bicyclic) bond motifs is 1. The number of furan rings is 1. The van der Waals surface area contributed by atoms with Gasteiger partial charge in [-0.05, 0) is 45.2 Å². The fourth-order valence-electron chi connectivity index (χ4n) is 3.51. The van der Waals surface area contributed by atoms with E-state index in [-0.39, 0.29) is 11.9 Å². The molecule has 1 amide bonds. The van der Waals surface area contributed by atoms with Crippen molar-refractivity contribution in [1.82, 2.24) is 10.1 Å². The number of likely N-dealkylation sites (tertiary alicyclic amines) is 1. The number of carbonyl (C=O) groups excluding carboxylic acids is 1. The van der Waals surface area contributed by atoms with E-state index in [1.807, 2.05) is 49.9 Å². The molecule has 1 atom stereocenters. The van der Waals surface area contributed by atoms with Crippen LogP contribution in [0.2, 0.25) is 0 Å². The van der Waals surface area contributed by atoms with Crippen LogP contribution in [0.3, 0.4) is 0 Å². The molecule has 3 heterocycles. The molecule has 1 aliphatic rings. The van der Waals surface area contributed by atoms with E-state index in [9.17, 15) is 4.79 Å². The smallest absolute Gasteiger partial charge is 0.290 e. The summed E-state index contributed by atoms with van der Waals surface area (Å²) in [6.07, 6.45) is 1.84. The molecule has 5 heteroatoms. The summed E-state index contributed by atoms with van der Waals surface area (Å²) < 4.78 is 11.3. The minimum Gasteiger partial charge on any atom is -0.451 e. The van der Waals surface area contributed by atoms with Gasteiger partial charge >= 0.3 is 0 Å². The summed E-state index contributed by atoms with van der Waals surface area (Å²) in [6.45, 7) is 6.55. The van der Waals surface area contributed by atoms with E-state index in [1.54, 1.807) is 0 Å². The normalized spacial score (nSPS) is 17.8. The van der Waals surface area contributed by atoms with Crippen molar-refractivity contribution in [3.8, 4) is 0 Å². The molecule has 0 aliphatic carbocycles. The maximum atomic E-state index is 13.1. The number of rotatable bonds is 2. The van der Waals surface area contributed by atoms with Crippen LogP contribution < -0.4 is 0 Å². The third-order valence-corrected chi connectivity index (χ3v) is 4.78.